The monoisotopic (exact) mass is 645 g/mol. The van der Waals surface area contributed by atoms with Crippen LogP contribution in [0.2, 0.25) is 0 Å². The minimum atomic E-state index is -0.124. The molecule has 2 aliphatic heterocycles. The summed E-state index contributed by atoms with van der Waals surface area (Å²) in [6, 6.07) is 12.3. The molecule has 4 atom stereocenters. The first-order valence-electron chi connectivity index (χ1n) is 16.8. The van der Waals surface area contributed by atoms with Gasteiger partial charge in [-0.3, -0.25) is 14.5 Å². The van der Waals surface area contributed by atoms with Crippen LogP contribution in [0.25, 0.3) is 10.1 Å². The summed E-state index contributed by atoms with van der Waals surface area (Å²) in [7, 11) is 0. The van der Waals surface area contributed by atoms with Crippen molar-refractivity contribution < 1.29 is 23.9 Å². The molecule has 0 radical (unpaired) electrons. The van der Waals surface area contributed by atoms with Gasteiger partial charge in [-0.15, -0.1) is 11.3 Å². The summed E-state index contributed by atoms with van der Waals surface area (Å²) in [4.78, 5) is 43.0. The Morgan fingerprint density at radius 1 is 1.02 bits per heavy atom. The number of ether oxygens (including phenoxy) is 2. The molecule has 2 saturated heterocycles. The maximum atomic E-state index is 14.0. The number of hydrogen-bond donors (Lipinski definition) is 1. The Morgan fingerprint density at radius 2 is 1.76 bits per heavy atom. The van der Waals surface area contributed by atoms with Crippen molar-refractivity contribution in [3.05, 3.63) is 64.0 Å². The number of hydrogen-bond acceptors (Lipinski definition) is 7. The highest BCUT2D eigenvalue weighted by Gasteiger charge is 2.40. The van der Waals surface area contributed by atoms with E-state index in [1.54, 1.807) is 11.3 Å². The summed E-state index contributed by atoms with van der Waals surface area (Å²) < 4.78 is 13.5. The van der Waals surface area contributed by atoms with Gasteiger partial charge in [0, 0.05) is 52.7 Å². The number of nitrogens with zero attached hydrogens (tertiary/aromatic N) is 2. The van der Waals surface area contributed by atoms with Gasteiger partial charge in [0.15, 0.2) is 0 Å². The smallest absolute Gasteiger partial charge is 0.257 e. The zero-order chi connectivity index (χ0) is 32.4. The molecule has 2 amide bonds. The lowest BCUT2D eigenvalue weighted by molar-refractivity contribution is -0.133. The topological polar surface area (TPSA) is 88.2 Å². The second-order valence-electron chi connectivity index (χ2n) is 13.7. The van der Waals surface area contributed by atoms with E-state index in [0.717, 1.165) is 83.9 Å². The van der Waals surface area contributed by atoms with Gasteiger partial charge >= 0.3 is 0 Å². The Labute approximate surface area is 276 Å². The minimum absolute atomic E-state index is 0.00940. The van der Waals surface area contributed by atoms with E-state index >= 15 is 0 Å². The highest BCUT2D eigenvalue weighted by atomic mass is 32.1. The van der Waals surface area contributed by atoms with Gasteiger partial charge < -0.3 is 24.5 Å². The molecule has 0 unspecified atom stereocenters. The number of anilines is 1. The number of fused-ring (bicyclic) bond motifs is 1. The number of carbonyl (C=O) groups excluding carboxylic acids is 3. The van der Waals surface area contributed by atoms with Crippen LogP contribution in [-0.2, 0) is 25.5 Å². The molecule has 3 heterocycles. The average Bonchev–Trinajstić information content (AvgIpc) is 3.67. The van der Waals surface area contributed by atoms with Crippen molar-refractivity contribution in [2.75, 3.05) is 31.6 Å². The maximum Gasteiger partial charge on any atom is 0.257 e. The number of rotatable bonds is 9. The van der Waals surface area contributed by atoms with Crippen molar-refractivity contribution >= 4 is 45.2 Å². The summed E-state index contributed by atoms with van der Waals surface area (Å²) in [5.41, 5.74) is 4.33. The normalized spacial score (nSPS) is 27.2. The lowest BCUT2D eigenvalue weighted by Gasteiger charge is -2.38. The molecule has 3 aliphatic rings. The second-order valence-corrected chi connectivity index (χ2v) is 14.6. The van der Waals surface area contributed by atoms with Crippen LogP contribution in [0.3, 0.4) is 0 Å². The molecular weight excluding hydrogens is 598 g/mol. The second kappa shape index (κ2) is 14.3. The first-order chi connectivity index (χ1) is 22.2. The van der Waals surface area contributed by atoms with E-state index in [-0.39, 0.29) is 48.1 Å². The minimum Gasteiger partial charge on any atom is -0.376 e. The van der Waals surface area contributed by atoms with Crippen LogP contribution < -0.4 is 5.32 Å². The van der Waals surface area contributed by atoms with Crippen LogP contribution in [0.1, 0.15) is 73.0 Å². The first kappa shape index (κ1) is 32.8. The fourth-order valence-corrected chi connectivity index (χ4v) is 8.52. The molecule has 46 heavy (non-hydrogen) atoms. The van der Waals surface area contributed by atoms with Crippen molar-refractivity contribution in [3.63, 3.8) is 0 Å². The molecule has 3 aromatic rings. The highest BCUT2D eigenvalue weighted by Crippen LogP contribution is 2.31. The molecule has 0 spiro atoms. The molecule has 3 fully saturated rings. The lowest BCUT2D eigenvalue weighted by Crippen LogP contribution is -2.51. The highest BCUT2D eigenvalue weighted by molar-refractivity contribution is 7.17. The fraction of sp³-hybridized carbons (Fsp3) is 0.541. The predicted molar refractivity (Wildman–Crippen MR) is 183 cm³/mol. The van der Waals surface area contributed by atoms with E-state index in [0.29, 0.717) is 25.1 Å². The summed E-state index contributed by atoms with van der Waals surface area (Å²) in [6.07, 6.45) is 6.31. The molecule has 8 nitrogen and oxygen atoms in total. The van der Waals surface area contributed by atoms with E-state index in [1.165, 1.54) is 0 Å². The molecule has 9 heteroatoms. The third-order valence-electron chi connectivity index (χ3n) is 10.1. The van der Waals surface area contributed by atoms with Crippen LogP contribution >= 0.6 is 11.3 Å². The van der Waals surface area contributed by atoms with Crippen molar-refractivity contribution in [2.24, 2.45) is 5.92 Å². The quantitative estimate of drug-likeness (QED) is 0.280. The number of aryl methyl sites for hydroxylation is 2. The molecular formula is C37H47N3O5S. The van der Waals surface area contributed by atoms with E-state index in [9.17, 15) is 14.4 Å². The zero-order valence-corrected chi connectivity index (χ0v) is 28.3. The summed E-state index contributed by atoms with van der Waals surface area (Å²) in [5.74, 6) is 0.140. The van der Waals surface area contributed by atoms with E-state index < -0.39 is 0 Å². The summed E-state index contributed by atoms with van der Waals surface area (Å²) in [6.45, 7) is 11.2. The Balaban J connectivity index is 1.14. The van der Waals surface area contributed by atoms with Gasteiger partial charge in [0.2, 0.25) is 5.91 Å². The Kier molecular flexibility index (Phi) is 10.2. The van der Waals surface area contributed by atoms with Crippen LogP contribution in [0.4, 0.5) is 5.69 Å². The Bertz CT molecular complexity index is 1550. The SMILES string of the molecule is Cc1cc(NC(=O)c2csc3ccccc23)c(C)cc1CC(=O)N1C[C@@H](N2C[C@@H](C)O[C@@H](C)C2)C[C@H]1COC1CCC(C=O)CC1. The Hall–Kier alpha value is -3.11. The number of carbonyl (C=O) groups is 3. The van der Waals surface area contributed by atoms with Gasteiger partial charge in [-0.1, -0.05) is 24.3 Å². The van der Waals surface area contributed by atoms with E-state index in [1.807, 2.05) is 55.6 Å². The van der Waals surface area contributed by atoms with Crippen molar-refractivity contribution in [3.8, 4) is 0 Å². The average molecular weight is 646 g/mol. The van der Waals surface area contributed by atoms with Crippen molar-refractivity contribution in [1.29, 1.82) is 0 Å². The van der Waals surface area contributed by atoms with Crippen LogP contribution in [0, 0.1) is 19.8 Å². The molecule has 246 valence electrons. The number of amides is 2. The number of nitrogens with one attached hydrogen (secondary N) is 1. The number of aldehydes is 1. The van der Waals surface area contributed by atoms with Crippen molar-refractivity contribution in [1.82, 2.24) is 9.80 Å². The molecule has 1 N–H and O–H groups in total. The van der Waals surface area contributed by atoms with Crippen LogP contribution in [0.5, 0.6) is 0 Å². The lowest BCUT2D eigenvalue weighted by atomic mass is 9.88. The molecule has 1 aromatic heterocycles. The standard InChI is InChI=1S/C37H47N3O5S/c1-23-14-34(38-37(43)33-22-46-35-8-6-5-7-32(33)35)24(2)13-28(23)15-36(42)40-19-29(39-17-25(3)45-26(4)18-39)16-30(40)21-44-31-11-9-27(20-41)10-12-31/h5-8,13-14,20,22,25-27,29-31H,9-12,15-19,21H2,1-4H3,(H,38,43)/t25-,26+,27?,29-,30-,31?/m0/s1. The number of likely N-dealkylation sites (tertiary alicyclic amines) is 1. The van der Waals surface area contributed by atoms with E-state index in [4.69, 9.17) is 9.47 Å². The van der Waals surface area contributed by atoms with Gasteiger partial charge in [0.05, 0.1) is 42.9 Å². The molecule has 2 aromatic carbocycles. The van der Waals surface area contributed by atoms with Gasteiger partial charge in [-0.2, -0.15) is 0 Å². The summed E-state index contributed by atoms with van der Waals surface area (Å²) in [5, 5.41) is 5.98. The number of thiophene rings is 1. The van der Waals surface area contributed by atoms with Crippen LogP contribution in [0.15, 0.2) is 41.8 Å². The Morgan fingerprint density at radius 3 is 2.50 bits per heavy atom. The van der Waals surface area contributed by atoms with Crippen LogP contribution in [-0.4, -0.2) is 84.5 Å². The number of benzene rings is 2. The third-order valence-corrected chi connectivity index (χ3v) is 11.1. The number of morpholine rings is 1. The maximum absolute atomic E-state index is 14.0. The largest absolute Gasteiger partial charge is 0.376 e. The molecule has 1 saturated carbocycles. The molecule has 1 aliphatic carbocycles. The molecule has 6 rings (SSSR count). The molecule has 0 bridgehead atoms. The predicted octanol–water partition coefficient (Wildman–Crippen LogP) is 6.17. The first-order valence-corrected chi connectivity index (χ1v) is 17.7. The zero-order valence-electron chi connectivity index (χ0n) is 27.5. The fourth-order valence-electron chi connectivity index (χ4n) is 7.58. The van der Waals surface area contributed by atoms with Gasteiger partial charge in [-0.25, -0.2) is 0 Å². The van der Waals surface area contributed by atoms with Crippen molar-refractivity contribution in [2.45, 2.75) is 96.6 Å². The van der Waals surface area contributed by atoms with Gasteiger partial charge in [0.25, 0.3) is 5.91 Å². The van der Waals surface area contributed by atoms with Gasteiger partial charge in [-0.05, 0) is 88.6 Å². The summed E-state index contributed by atoms with van der Waals surface area (Å²) >= 11 is 1.57. The van der Waals surface area contributed by atoms with Gasteiger partial charge in [0.1, 0.15) is 6.29 Å². The van der Waals surface area contributed by atoms with E-state index in [2.05, 4.69) is 29.0 Å². The third kappa shape index (κ3) is 7.38.